The summed E-state index contributed by atoms with van der Waals surface area (Å²) in [6.07, 6.45) is 3.87. The molecule has 3 N–H and O–H groups in total. The molecule has 2 amide bonds. The number of halogens is 1. The Bertz CT molecular complexity index is 899. The highest BCUT2D eigenvalue weighted by molar-refractivity contribution is 5.88. The van der Waals surface area contributed by atoms with E-state index in [0.29, 0.717) is 24.6 Å². The first-order valence-electron chi connectivity index (χ1n) is 10.6. The molecule has 166 valence electrons. The number of piperazine rings is 1. The van der Waals surface area contributed by atoms with Gasteiger partial charge in [0.2, 0.25) is 5.88 Å². The van der Waals surface area contributed by atoms with Crippen molar-refractivity contribution in [2.24, 2.45) is 0 Å². The number of ether oxygens (including phenoxy) is 1. The van der Waals surface area contributed by atoms with Gasteiger partial charge in [-0.05, 0) is 38.1 Å². The van der Waals surface area contributed by atoms with E-state index in [1.54, 1.807) is 4.90 Å². The number of hydrogen-bond acceptors (Lipinski definition) is 7. The zero-order valence-corrected chi connectivity index (χ0v) is 17.5. The maximum Gasteiger partial charge on any atom is 0.323 e. The Morgan fingerprint density at radius 1 is 1.03 bits per heavy atom. The number of urea groups is 1. The molecule has 2 aliphatic rings. The van der Waals surface area contributed by atoms with E-state index in [1.807, 2.05) is 0 Å². The summed E-state index contributed by atoms with van der Waals surface area (Å²) in [5.41, 5.74) is 5.85. The third-order valence-corrected chi connectivity index (χ3v) is 5.64. The van der Waals surface area contributed by atoms with Crippen molar-refractivity contribution in [2.45, 2.75) is 12.8 Å². The van der Waals surface area contributed by atoms with Crippen molar-refractivity contribution in [3.8, 4) is 11.6 Å². The van der Waals surface area contributed by atoms with E-state index < -0.39 is 5.82 Å². The number of carbonyl (C=O) groups is 1. The predicted octanol–water partition coefficient (Wildman–Crippen LogP) is 2.24. The Labute approximate surface area is 181 Å². The molecule has 10 heteroatoms. The Balaban J connectivity index is 1.26. The maximum atomic E-state index is 13.9. The van der Waals surface area contributed by atoms with Crippen LogP contribution in [-0.4, -0.2) is 83.1 Å². The van der Waals surface area contributed by atoms with Gasteiger partial charge in [0.25, 0.3) is 0 Å². The Morgan fingerprint density at radius 3 is 2.45 bits per heavy atom. The molecule has 2 fully saturated rings. The third-order valence-electron chi connectivity index (χ3n) is 5.64. The number of amides is 2. The molecule has 0 aliphatic carbocycles. The van der Waals surface area contributed by atoms with E-state index >= 15 is 0 Å². The van der Waals surface area contributed by atoms with Gasteiger partial charge in [0, 0.05) is 57.1 Å². The minimum atomic E-state index is -0.591. The molecular weight excluding hydrogens is 401 g/mol. The molecule has 0 saturated carbocycles. The van der Waals surface area contributed by atoms with Crippen LogP contribution in [0.1, 0.15) is 12.8 Å². The highest BCUT2D eigenvalue weighted by Gasteiger charge is 2.22. The topological polar surface area (TPSA) is 99.8 Å². The second kappa shape index (κ2) is 9.88. The average molecular weight is 430 g/mol. The van der Waals surface area contributed by atoms with Crippen LogP contribution in [0, 0.1) is 5.82 Å². The molecule has 0 radical (unpaired) electrons. The summed E-state index contributed by atoms with van der Waals surface area (Å²) in [7, 11) is 0. The lowest BCUT2D eigenvalue weighted by Crippen LogP contribution is -2.51. The maximum absolute atomic E-state index is 13.9. The van der Waals surface area contributed by atoms with Gasteiger partial charge in [-0.3, -0.25) is 10.2 Å². The molecule has 0 spiro atoms. The van der Waals surface area contributed by atoms with Gasteiger partial charge in [-0.15, -0.1) is 0 Å². The lowest BCUT2D eigenvalue weighted by molar-refractivity contribution is 0.137. The molecule has 31 heavy (non-hydrogen) atoms. The number of anilines is 2. The summed E-state index contributed by atoms with van der Waals surface area (Å²) in [4.78, 5) is 27.3. The molecule has 1 aromatic carbocycles. The minimum Gasteiger partial charge on any atom is -0.436 e. The van der Waals surface area contributed by atoms with E-state index in [-0.39, 0.29) is 17.7 Å². The van der Waals surface area contributed by atoms with Gasteiger partial charge in [0.05, 0.1) is 0 Å². The quantitative estimate of drug-likeness (QED) is 0.680. The summed E-state index contributed by atoms with van der Waals surface area (Å²) in [5.74, 6) is -0.176. The number of carbonyl (C=O) groups excluding carboxylic acids is 1. The lowest BCUT2D eigenvalue weighted by Gasteiger charge is -2.35. The standard InChI is InChI=1S/C21H28FN7O2/c22-17-13-16(23)3-4-18(17)31-20-14-19(24-15-25-20)26-21(30)29-11-9-28(10-12-29)8-7-27-5-1-2-6-27/h3-4,13-15H,1-2,5-12,23H2,(H,24,25,26,30). The highest BCUT2D eigenvalue weighted by Crippen LogP contribution is 2.25. The first kappa shape index (κ1) is 21.3. The van der Waals surface area contributed by atoms with Crippen molar-refractivity contribution in [1.29, 1.82) is 0 Å². The number of nitrogens with one attached hydrogen (secondary N) is 1. The van der Waals surface area contributed by atoms with Gasteiger partial charge in [-0.25, -0.2) is 19.2 Å². The fraction of sp³-hybridized carbons (Fsp3) is 0.476. The summed E-state index contributed by atoms with van der Waals surface area (Å²) >= 11 is 0. The van der Waals surface area contributed by atoms with Gasteiger partial charge >= 0.3 is 6.03 Å². The molecule has 3 heterocycles. The molecule has 2 aliphatic heterocycles. The summed E-state index contributed by atoms with van der Waals surface area (Å²) < 4.78 is 19.4. The summed E-state index contributed by atoms with van der Waals surface area (Å²) in [5, 5.41) is 2.77. The molecule has 4 rings (SSSR count). The SMILES string of the molecule is Nc1ccc(Oc2cc(NC(=O)N3CCN(CCN4CCCC4)CC3)ncn2)c(F)c1. The number of nitrogens with two attached hydrogens (primary N) is 1. The molecule has 0 atom stereocenters. The molecule has 2 saturated heterocycles. The van der Waals surface area contributed by atoms with Crippen LogP contribution in [0.2, 0.25) is 0 Å². The largest absolute Gasteiger partial charge is 0.436 e. The number of hydrogen-bond donors (Lipinski definition) is 2. The number of aromatic nitrogens is 2. The van der Waals surface area contributed by atoms with Crippen LogP contribution in [0.5, 0.6) is 11.6 Å². The van der Waals surface area contributed by atoms with Gasteiger partial charge in [-0.1, -0.05) is 0 Å². The minimum absolute atomic E-state index is 0.00442. The van der Waals surface area contributed by atoms with Gasteiger partial charge in [0.1, 0.15) is 12.1 Å². The third kappa shape index (κ3) is 5.80. The van der Waals surface area contributed by atoms with Gasteiger partial charge in [0.15, 0.2) is 11.6 Å². The molecular formula is C21H28FN7O2. The Hall–Kier alpha value is -2.98. The normalized spacial score (nSPS) is 17.6. The lowest BCUT2D eigenvalue weighted by atomic mass is 10.3. The Morgan fingerprint density at radius 2 is 1.74 bits per heavy atom. The zero-order chi connectivity index (χ0) is 21.6. The molecule has 1 aromatic heterocycles. The fourth-order valence-electron chi connectivity index (χ4n) is 3.83. The van der Waals surface area contributed by atoms with Crippen LogP contribution in [-0.2, 0) is 0 Å². The first-order chi connectivity index (χ1) is 15.1. The van der Waals surface area contributed by atoms with E-state index in [9.17, 15) is 9.18 Å². The van der Waals surface area contributed by atoms with Gasteiger partial charge in [-0.2, -0.15) is 0 Å². The number of nitrogen functional groups attached to an aromatic ring is 1. The second-order valence-electron chi connectivity index (χ2n) is 7.84. The highest BCUT2D eigenvalue weighted by atomic mass is 19.1. The van der Waals surface area contributed by atoms with Crippen LogP contribution < -0.4 is 15.8 Å². The van der Waals surface area contributed by atoms with Gasteiger partial charge < -0.3 is 20.3 Å². The number of rotatable bonds is 6. The van der Waals surface area contributed by atoms with Crippen molar-refractivity contribution < 1.29 is 13.9 Å². The molecule has 0 unspecified atom stereocenters. The number of likely N-dealkylation sites (tertiary alicyclic amines) is 1. The van der Waals surface area contributed by atoms with Crippen LogP contribution in [0.4, 0.5) is 20.7 Å². The monoisotopic (exact) mass is 429 g/mol. The molecule has 2 aromatic rings. The van der Waals surface area contributed by atoms with Crippen LogP contribution in [0.15, 0.2) is 30.6 Å². The van der Waals surface area contributed by atoms with E-state index in [4.69, 9.17) is 10.5 Å². The van der Waals surface area contributed by atoms with Crippen LogP contribution in [0.25, 0.3) is 0 Å². The van der Waals surface area contributed by atoms with E-state index in [2.05, 4.69) is 25.1 Å². The average Bonchev–Trinajstić information content (AvgIpc) is 3.29. The molecule has 9 nitrogen and oxygen atoms in total. The predicted molar refractivity (Wildman–Crippen MR) is 116 cm³/mol. The van der Waals surface area contributed by atoms with Crippen LogP contribution >= 0.6 is 0 Å². The van der Waals surface area contributed by atoms with Crippen LogP contribution in [0.3, 0.4) is 0 Å². The van der Waals surface area contributed by atoms with Crippen molar-refractivity contribution in [3.05, 3.63) is 36.4 Å². The first-order valence-corrected chi connectivity index (χ1v) is 10.6. The summed E-state index contributed by atoms with van der Waals surface area (Å²) in [6, 6.07) is 5.37. The van der Waals surface area contributed by atoms with Crippen molar-refractivity contribution >= 4 is 17.5 Å². The zero-order valence-electron chi connectivity index (χ0n) is 17.5. The van der Waals surface area contributed by atoms with E-state index in [1.165, 1.54) is 56.5 Å². The Kier molecular flexibility index (Phi) is 6.78. The number of nitrogens with zero attached hydrogens (tertiary/aromatic N) is 5. The van der Waals surface area contributed by atoms with Crippen molar-refractivity contribution in [3.63, 3.8) is 0 Å². The van der Waals surface area contributed by atoms with Crippen molar-refractivity contribution in [2.75, 3.05) is 63.4 Å². The smallest absolute Gasteiger partial charge is 0.323 e. The number of benzene rings is 1. The van der Waals surface area contributed by atoms with E-state index in [0.717, 1.165) is 26.2 Å². The fourth-order valence-corrected chi connectivity index (χ4v) is 3.83. The molecule has 0 bridgehead atoms. The second-order valence-corrected chi connectivity index (χ2v) is 7.84. The summed E-state index contributed by atoms with van der Waals surface area (Å²) in [6.45, 7) is 7.60. The van der Waals surface area contributed by atoms with Crippen molar-refractivity contribution in [1.82, 2.24) is 24.7 Å².